The van der Waals surface area contributed by atoms with Crippen molar-refractivity contribution in [3.05, 3.63) is 23.8 Å². The summed E-state index contributed by atoms with van der Waals surface area (Å²) in [6, 6.07) is 5.95. The fourth-order valence-corrected chi connectivity index (χ4v) is 6.69. The smallest absolute Gasteiger partial charge is 0.304 e. The fraction of sp³-hybridized carbons (Fsp3) is 0.724. The van der Waals surface area contributed by atoms with E-state index in [0.717, 1.165) is 50.5 Å². The third-order valence-electron chi connectivity index (χ3n) is 9.11. The zero-order valence-electron chi connectivity index (χ0n) is 22.1. The molecule has 0 spiro atoms. The van der Waals surface area contributed by atoms with Crippen molar-refractivity contribution in [2.75, 3.05) is 20.2 Å². The van der Waals surface area contributed by atoms with Crippen molar-refractivity contribution in [3.63, 3.8) is 0 Å². The number of likely N-dealkylation sites (tertiary alicyclic amines) is 1. The Morgan fingerprint density at radius 2 is 1.75 bits per heavy atom. The van der Waals surface area contributed by atoms with Crippen LogP contribution in [-0.2, 0) is 9.59 Å². The lowest BCUT2D eigenvalue weighted by Gasteiger charge is -2.34. The van der Waals surface area contributed by atoms with Crippen LogP contribution in [0.1, 0.15) is 89.5 Å². The van der Waals surface area contributed by atoms with Crippen molar-refractivity contribution in [2.24, 2.45) is 17.3 Å². The number of aliphatic carboxylic acids is 1. The minimum atomic E-state index is -0.920. The van der Waals surface area contributed by atoms with Crippen LogP contribution in [0.25, 0.3) is 0 Å². The third kappa shape index (κ3) is 5.66. The quantitative estimate of drug-likeness (QED) is 0.494. The van der Waals surface area contributed by atoms with Gasteiger partial charge in [0.1, 0.15) is 0 Å². The molecule has 2 saturated carbocycles. The summed E-state index contributed by atoms with van der Waals surface area (Å²) in [6.07, 6.45) is 8.92. The molecule has 0 aromatic heterocycles. The Kier molecular flexibility index (Phi) is 8.48. The second-order valence-electron chi connectivity index (χ2n) is 11.5. The largest absolute Gasteiger partial charge is 0.493 e. The average Bonchev–Trinajstić information content (AvgIpc) is 3.51. The molecule has 4 rings (SSSR count). The number of methoxy groups -OCH3 is 1. The molecule has 1 saturated heterocycles. The van der Waals surface area contributed by atoms with Crippen LogP contribution in [0.4, 0.5) is 0 Å². The van der Waals surface area contributed by atoms with Crippen LogP contribution in [0.5, 0.6) is 11.5 Å². The monoisotopic (exact) mass is 501 g/mol. The molecule has 1 heterocycles. The van der Waals surface area contributed by atoms with E-state index in [-0.39, 0.29) is 30.3 Å². The summed E-state index contributed by atoms with van der Waals surface area (Å²) in [5.74, 6) is -0.0789. The van der Waals surface area contributed by atoms with E-state index in [0.29, 0.717) is 24.6 Å². The van der Waals surface area contributed by atoms with Crippen molar-refractivity contribution in [1.29, 1.82) is 0 Å². The van der Waals surface area contributed by atoms with Crippen LogP contribution in [0.2, 0.25) is 0 Å². The summed E-state index contributed by atoms with van der Waals surface area (Å²) in [4.78, 5) is 27.3. The second-order valence-corrected chi connectivity index (χ2v) is 11.5. The molecule has 3 aliphatic rings. The minimum absolute atomic E-state index is 0.0744. The van der Waals surface area contributed by atoms with Crippen LogP contribution < -0.4 is 9.47 Å². The van der Waals surface area contributed by atoms with Crippen molar-refractivity contribution < 1.29 is 29.3 Å². The fourth-order valence-electron chi connectivity index (χ4n) is 6.69. The third-order valence-corrected chi connectivity index (χ3v) is 9.11. The molecule has 0 bridgehead atoms. The number of carboxylic acids is 1. The molecule has 0 unspecified atom stereocenters. The van der Waals surface area contributed by atoms with E-state index in [1.807, 2.05) is 30.0 Å². The number of carboxylic acid groups (broad SMARTS) is 1. The number of hydrogen-bond donors (Lipinski definition) is 2. The van der Waals surface area contributed by atoms with Crippen LogP contribution >= 0.6 is 0 Å². The van der Waals surface area contributed by atoms with Crippen molar-refractivity contribution >= 4 is 11.9 Å². The molecule has 4 atom stereocenters. The first-order valence-corrected chi connectivity index (χ1v) is 13.8. The Bertz CT molecular complexity index is 920. The highest BCUT2D eigenvalue weighted by atomic mass is 16.5. The Balaban J connectivity index is 1.60. The number of nitrogens with zero attached hydrogens (tertiary/aromatic N) is 1. The van der Waals surface area contributed by atoms with Crippen molar-refractivity contribution in [3.8, 4) is 11.5 Å². The van der Waals surface area contributed by atoms with Gasteiger partial charge in [-0.3, -0.25) is 9.59 Å². The molecule has 2 N–H and O–H groups in total. The Labute approximate surface area is 215 Å². The summed E-state index contributed by atoms with van der Waals surface area (Å²) < 4.78 is 11.9. The summed E-state index contributed by atoms with van der Waals surface area (Å²) in [6.45, 7) is 4.68. The lowest BCUT2D eigenvalue weighted by molar-refractivity contribution is -0.146. The topological polar surface area (TPSA) is 96.3 Å². The van der Waals surface area contributed by atoms with Gasteiger partial charge in [-0.25, -0.2) is 0 Å². The molecule has 1 aromatic carbocycles. The van der Waals surface area contributed by atoms with Gasteiger partial charge >= 0.3 is 5.97 Å². The van der Waals surface area contributed by atoms with E-state index >= 15 is 0 Å². The molecule has 7 heteroatoms. The predicted octanol–water partition coefficient (Wildman–Crippen LogP) is 5.00. The predicted molar refractivity (Wildman–Crippen MR) is 137 cm³/mol. The molecule has 7 nitrogen and oxygen atoms in total. The van der Waals surface area contributed by atoms with Crippen LogP contribution in [0, 0.1) is 17.3 Å². The number of aliphatic hydroxyl groups is 1. The molecule has 2 aliphatic carbocycles. The molecule has 3 fully saturated rings. The SMILES string of the molecule is COc1ccc([C@@H]2CN(C(=O)[C@@H](CC(=O)O)C3CCCCC3)C[C@@]2(C)[C@@H](C)O)cc1OC1CCCC1. The van der Waals surface area contributed by atoms with Crippen LogP contribution in [0.15, 0.2) is 18.2 Å². The molecule has 1 aliphatic heterocycles. The normalized spacial score (nSPS) is 27.1. The van der Waals surface area contributed by atoms with Crippen LogP contribution in [-0.4, -0.2) is 59.4 Å². The molecule has 0 radical (unpaired) electrons. The highest BCUT2D eigenvalue weighted by Crippen LogP contribution is 2.48. The van der Waals surface area contributed by atoms with E-state index in [2.05, 4.69) is 0 Å². The molecular formula is C29H43NO6. The van der Waals surface area contributed by atoms with Crippen LogP contribution in [0.3, 0.4) is 0 Å². The van der Waals surface area contributed by atoms with Gasteiger partial charge in [0.25, 0.3) is 0 Å². The number of carbonyl (C=O) groups is 2. The summed E-state index contributed by atoms with van der Waals surface area (Å²) in [5.41, 5.74) is 0.449. The number of aliphatic hydroxyl groups excluding tert-OH is 1. The van der Waals surface area contributed by atoms with Gasteiger partial charge in [-0.2, -0.15) is 0 Å². The zero-order valence-corrected chi connectivity index (χ0v) is 22.1. The number of hydrogen-bond acceptors (Lipinski definition) is 5. The zero-order chi connectivity index (χ0) is 25.9. The Morgan fingerprint density at radius 1 is 1.08 bits per heavy atom. The highest BCUT2D eigenvalue weighted by Gasteiger charge is 2.50. The van der Waals surface area contributed by atoms with Gasteiger partial charge in [0.05, 0.1) is 31.7 Å². The number of carbonyl (C=O) groups excluding carboxylic acids is 1. The lowest BCUT2D eigenvalue weighted by atomic mass is 9.72. The summed E-state index contributed by atoms with van der Waals surface area (Å²) in [7, 11) is 1.64. The maximum atomic E-state index is 13.8. The van der Waals surface area contributed by atoms with Gasteiger partial charge < -0.3 is 24.6 Å². The van der Waals surface area contributed by atoms with E-state index in [1.165, 1.54) is 12.8 Å². The van der Waals surface area contributed by atoms with Gasteiger partial charge in [-0.1, -0.05) is 32.3 Å². The van der Waals surface area contributed by atoms with E-state index in [9.17, 15) is 19.8 Å². The maximum Gasteiger partial charge on any atom is 0.304 e. The number of benzene rings is 1. The standard InChI is InChI=1S/C29H43NO6/c1-19(31)29(2)18-30(28(34)23(16-27(32)33)20-9-5-4-6-10-20)17-24(29)21-13-14-25(35-3)26(15-21)36-22-11-7-8-12-22/h13-15,19-20,22-24,31H,4-12,16-18H2,1-3H3,(H,32,33)/t19-,23+,24+,29+/m1/s1. The summed E-state index contributed by atoms with van der Waals surface area (Å²) in [5, 5.41) is 20.5. The number of ether oxygens (including phenoxy) is 2. The van der Waals surface area contributed by atoms with E-state index in [1.54, 1.807) is 14.0 Å². The first-order chi connectivity index (χ1) is 17.2. The van der Waals surface area contributed by atoms with Crippen molar-refractivity contribution in [1.82, 2.24) is 4.90 Å². The first kappa shape index (κ1) is 26.8. The molecule has 36 heavy (non-hydrogen) atoms. The van der Waals surface area contributed by atoms with Crippen molar-refractivity contribution in [2.45, 2.75) is 96.2 Å². The van der Waals surface area contributed by atoms with Gasteiger partial charge in [-0.05, 0) is 69.1 Å². The number of rotatable bonds is 9. The molecule has 1 amide bonds. The van der Waals surface area contributed by atoms with E-state index in [4.69, 9.17) is 9.47 Å². The second kappa shape index (κ2) is 11.4. The molecule has 1 aromatic rings. The number of amides is 1. The lowest BCUT2D eigenvalue weighted by Crippen LogP contribution is -2.42. The average molecular weight is 502 g/mol. The Hall–Kier alpha value is -2.28. The van der Waals surface area contributed by atoms with Gasteiger partial charge in [0.2, 0.25) is 5.91 Å². The first-order valence-electron chi connectivity index (χ1n) is 13.8. The summed E-state index contributed by atoms with van der Waals surface area (Å²) >= 11 is 0. The van der Waals surface area contributed by atoms with Gasteiger partial charge in [0, 0.05) is 24.4 Å². The maximum absolute atomic E-state index is 13.8. The Morgan fingerprint density at radius 3 is 2.36 bits per heavy atom. The molecular weight excluding hydrogens is 458 g/mol. The van der Waals surface area contributed by atoms with Gasteiger partial charge in [-0.15, -0.1) is 0 Å². The minimum Gasteiger partial charge on any atom is -0.493 e. The molecule has 200 valence electrons. The van der Waals surface area contributed by atoms with Gasteiger partial charge in [0.15, 0.2) is 11.5 Å². The van der Waals surface area contributed by atoms with E-state index < -0.39 is 23.4 Å². The highest BCUT2D eigenvalue weighted by molar-refractivity contribution is 5.84.